The lowest BCUT2D eigenvalue weighted by molar-refractivity contribution is 0.190. The lowest BCUT2D eigenvalue weighted by Crippen LogP contribution is -2.44. The molecule has 22 heavy (non-hydrogen) atoms. The summed E-state index contributed by atoms with van der Waals surface area (Å²) in [5.41, 5.74) is 3.61. The van der Waals surface area contributed by atoms with Gasteiger partial charge in [0.2, 0.25) is 0 Å². The smallest absolute Gasteiger partial charge is 0.146 e. The van der Waals surface area contributed by atoms with Gasteiger partial charge in [-0.05, 0) is 38.5 Å². The van der Waals surface area contributed by atoms with Gasteiger partial charge in [0.1, 0.15) is 17.6 Å². The number of fused-ring (bicyclic) bond motifs is 1. The van der Waals surface area contributed by atoms with E-state index in [1.807, 2.05) is 6.07 Å². The number of phenolic OH excluding ortho intramolecular Hbond substituents is 1. The zero-order valence-corrected chi connectivity index (χ0v) is 13.4. The van der Waals surface area contributed by atoms with Gasteiger partial charge < -0.3 is 14.7 Å². The summed E-state index contributed by atoms with van der Waals surface area (Å²) in [7, 11) is 0. The lowest BCUT2D eigenvalue weighted by atomic mass is 10.0. The fraction of sp³-hybridized carbons (Fsp3) is 0.368. The van der Waals surface area contributed by atoms with Crippen molar-refractivity contribution in [2.75, 3.05) is 11.4 Å². The molecule has 1 aliphatic rings. The zero-order valence-electron chi connectivity index (χ0n) is 13.4. The van der Waals surface area contributed by atoms with E-state index in [2.05, 4.69) is 49.9 Å². The normalized spacial score (nSPS) is 17.3. The number of ether oxygens (including phenoxy) is 1. The molecule has 3 nitrogen and oxygen atoms in total. The monoisotopic (exact) mass is 297 g/mol. The van der Waals surface area contributed by atoms with Crippen LogP contribution in [0.5, 0.6) is 11.5 Å². The number of aryl methyl sites for hydroxylation is 1. The first-order valence-corrected chi connectivity index (χ1v) is 7.85. The molecule has 0 fully saturated rings. The number of phenols is 1. The molecule has 1 aliphatic heterocycles. The van der Waals surface area contributed by atoms with Gasteiger partial charge in [0, 0.05) is 18.5 Å². The highest BCUT2D eigenvalue weighted by molar-refractivity contribution is 5.63. The van der Waals surface area contributed by atoms with E-state index in [0.717, 1.165) is 24.4 Å². The van der Waals surface area contributed by atoms with E-state index < -0.39 is 0 Å². The van der Waals surface area contributed by atoms with Crippen molar-refractivity contribution in [1.29, 1.82) is 0 Å². The number of benzene rings is 2. The first-order valence-electron chi connectivity index (χ1n) is 7.85. The molecule has 0 amide bonds. The average molecular weight is 297 g/mol. The molecule has 1 unspecified atom stereocenters. The number of rotatable bonds is 3. The van der Waals surface area contributed by atoms with E-state index in [1.54, 1.807) is 12.1 Å². The molecule has 0 saturated carbocycles. The van der Waals surface area contributed by atoms with Gasteiger partial charge in [0.25, 0.3) is 0 Å². The average Bonchev–Trinajstić information content (AvgIpc) is 2.48. The molecule has 0 aliphatic carbocycles. The Balaban J connectivity index is 1.84. The molecular formula is C19H23NO2. The van der Waals surface area contributed by atoms with E-state index in [9.17, 15) is 5.11 Å². The van der Waals surface area contributed by atoms with Crippen molar-refractivity contribution in [2.24, 2.45) is 0 Å². The molecule has 0 radical (unpaired) electrons. The van der Waals surface area contributed by atoms with Crippen LogP contribution in [-0.4, -0.2) is 23.8 Å². The minimum absolute atomic E-state index is 0.0967. The van der Waals surface area contributed by atoms with Crippen molar-refractivity contribution in [3.63, 3.8) is 0 Å². The Kier molecular flexibility index (Phi) is 3.97. The van der Waals surface area contributed by atoms with Crippen molar-refractivity contribution in [3.8, 4) is 11.5 Å². The standard InChI is InChI=1S/C19H23NO2/c1-13(2)20-12-17(10-15-6-4-14(3)5-7-15)22-19-11-16(21)8-9-18(19)20/h4-9,11,13,17,21H,10,12H2,1-3H3. The summed E-state index contributed by atoms with van der Waals surface area (Å²) in [6.07, 6.45) is 0.970. The molecule has 2 aromatic carbocycles. The van der Waals surface area contributed by atoms with Gasteiger partial charge in [-0.25, -0.2) is 0 Å². The molecule has 3 rings (SSSR count). The number of aromatic hydroxyl groups is 1. The molecule has 1 heterocycles. The molecule has 0 aromatic heterocycles. The van der Waals surface area contributed by atoms with Gasteiger partial charge in [0.15, 0.2) is 0 Å². The Bertz CT molecular complexity index is 649. The Morgan fingerprint density at radius 2 is 1.91 bits per heavy atom. The Labute approximate surface area is 132 Å². The SMILES string of the molecule is Cc1ccc(CC2CN(C(C)C)c3ccc(O)cc3O2)cc1. The Morgan fingerprint density at radius 1 is 1.18 bits per heavy atom. The van der Waals surface area contributed by atoms with Gasteiger partial charge in [0.05, 0.1) is 12.2 Å². The second-order valence-corrected chi connectivity index (χ2v) is 6.33. The van der Waals surface area contributed by atoms with Crippen LogP contribution in [0.15, 0.2) is 42.5 Å². The van der Waals surface area contributed by atoms with Gasteiger partial charge in [-0.1, -0.05) is 29.8 Å². The van der Waals surface area contributed by atoms with Crippen LogP contribution >= 0.6 is 0 Å². The summed E-state index contributed by atoms with van der Waals surface area (Å²) in [4.78, 5) is 2.34. The topological polar surface area (TPSA) is 32.7 Å². The summed E-state index contributed by atoms with van der Waals surface area (Å²) in [6.45, 7) is 7.33. The second-order valence-electron chi connectivity index (χ2n) is 6.33. The predicted octanol–water partition coefficient (Wildman–Crippen LogP) is 3.92. The van der Waals surface area contributed by atoms with Crippen LogP contribution < -0.4 is 9.64 Å². The summed E-state index contributed by atoms with van der Waals surface area (Å²) in [6, 6.07) is 14.4. The minimum Gasteiger partial charge on any atom is -0.508 e. The van der Waals surface area contributed by atoms with E-state index >= 15 is 0 Å². The van der Waals surface area contributed by atoms with Crippen LogP contribution in [-0.2, 0) is 6.42 Å². The molecule has 0 bridgehead atoms. The second kappa shape index (κ2) is 5.91. The molecule has 116 valence electrons. The quantitative estimate of drug-likeness (QED) is 0.932. The largest absolute Gasteiger partial charge is 0.508 e. The highest BCUT2D eigenvalue weighted by Crippen LogP contribution is 2.37. The summed E-state index contributed by atoms with van der Waals surface area (Å²) >= 11 is 0. The molecular weight excluding hydrogens is 274 g/mol. The maximum Gasteiger partial charge on any atom is 0.146 e. The van der Waals surface area contributed by atoms with Crippen LogP contribution in [0.1, 0.15) is 25.0 Å². The molecule has 0 saturated heterocycles. The molecule has 1 atom stereocenters. The van der Waals surface area contributed by atoms with Crippen LogP contribution in [0.25, 0.3) is 0 Å². The summed E-state index contributed by atoms with van der Waals surface area (Å²) in [5.74, 6) is 1.02. The number of anilines is 1. The van der Waals surface area contributed by atoms with Gasteiger partial charge in [-0.15, -0.1) is 0 Å². The highest BCUT2D eigenvalue weighted by atomic mass is 16.5. The predicted molar refractivity (Wildman–Crippen MR) is 89.9 cm³/mol. The highest BCUT2D eigenvalue weighted by Gasteiger charge is 2.27. The first kappa shape index (κ1) is 14.8. The Hall–Kier alpha value is -2.16. The van der Waals surface area contributed by atoms with Crippen LogP contribution in [0.2, 0.25) is 0 Å². The van der Waals surface area contributed by atoms with Crippen LogP contribution in [0, 0.1) is 6.92 Å². The van der Waals surface area contributed by atoms with E-state index in [4.69, 9.17) is 4.74 Å². The van der Waals surface area contributed by atoms with Crippen LogP contribution in [0.3, 0.4) is 0 Å². The number of hydrogen-bond donors (Lipinski definition) is 1. The van der Waals surface area contributed by atoms with E-state index in [1.165, 1.54) is 11.1 Å². The number of nitrogens with zero attached hydrogens (tertiary/aromatic N) is 1. The first-order chi connectivity index (χ1) is 10.5. The fourth-order valence-electron chi connectivity index (χ4n) is 2.95. The van der Waals surface area contributed by atoms with E-state index in [-0.39, 0.29) is 11.9 Å². The zero-order chi connectivity index (χ0) is 15.7. The summed E-state index contributed by atoms with van der Waals surface area (Å²) < 4.78 is 6.13. The van der Waals surface area contributed by atoms with Crippen molar-refractivity contribution in [3.05, 3.63) is 53.6 Å². The third-order valence-electron chi connectivity index (χ3n) is 4.15. The maximum atomic E-state index is 9.72. The summed E-state index contributed by atoms with van der Waals surface area (Å²) in [5, 5.41) is 9.72. The van der Waals surface area contributed by atoms with E-state index in [0.29, 0.717) is 6.04 Å². The molecule has 2 aromatic rings. The van der Waals surface area contributed by atoms with Crippen molar-refractivity contribution in [2.45, 2.75) is 39.3 Å². The Morgan fingerprint density at radius 3 is 2.59 bits per heavy atom. The molecule has 0 spiro atoms. The third kappa shape index (κ3) is 3.03. The maximum absolute atomic E-state index is 9.72. The van der Waals surface area contributed by atoms with Gasteiger partial charge in [-0.2, -0.15) is 0 Å². The fourth-order valence-corrected chi connectivity index (χ4v) is 2.95. The van der Waals surface area contributed by atoms with Crippen molar-refractivity contribution < 1.29 is 9.84 Å². The third-order valence-corrected chi connectivity index (χ3v) is 4.15. The van der Waals surface area contributed by atoms with Crippen LogP contribution in [0.4, 0.5) is 5.69 Å². The molecule has 3 heteroatoms. The number of hydrogen-bond acceptors (Lipinski definition) is 3. The van der Waals surface area contributed by atoms with Crippen molar-refractivity contribution in [1.82, 2.24) is 0 Å². The van der Waals surface area contributed by atoms with Gasteiger partial charge >= 0.3 is 0 Å². The van der Waals surface area contributed by atoms with Crippen molar-refractivity contribution >= 4 is 5.69 Å². The molecule has 1 N–H and O–H groups in total. The lowest BCUT2D eigenvalue weighted by Gasteiger charge is -2.39. The van der Waals surface area contributed by atoms with Gasteiger partial charge in [-0.3, -0.25) is 0 Å². The minimum atomic E-state index is 0.0967.